The summed E-state index contributed by atoms with van der Waals surface area (Å²) in [5.74, 6) is 0. The van der Waals surface area contributed by atoms with E-state index in [-0.39, 0.29) is 16.5 Å². The van der Waals surface area contributed by atoms with Crippen LogP contribution < -0.4 is 0 Å². The molecule has 0 aromatic heterocycles. The summed E-state index contributed by atoms with van der Waals surface area (Å²) >= 11 is 0. The molecule has 0 bridgehead atoms. The van der Waals surface area contributed by atoms with E-state index >= 15 is 0 Å². The largest absolute Gasteiger partial charge is 2.00 e. The molecule has 2 aliphatic rings. The Morgan fingerprint density at radius 3 is 0.474 bits per heavy atom. The van der Waals surface area contributed by atoms with E-state index in [0.717, 1.165) is 78.5 Å². The van der Waals surface area contributed by atoms with Crippen LogP contribution in [0.2, 0.25) is 0 Å². The molecule has 0 N–H and O–H groups in total. The molecule has 0 aliphatic carbocycles. The van der Waals surface area contributed by atoms with Gasteiger partial charge in [-0.25, -0.2) is 0 Å². The normalized spacial score (nSPS) is 22.7. The average molecular weight is 311 g/mol. The van der Waals surface area contributed by atoms with Crippen LogP contribution in [0.1, 0.15) is 0 Å². The first-order valence-corrected chi connectivity index (χ1v) is 6.79. The molecule has 0 radical (unpaired) electrons. The van der Waals surface area contributed by atoms with Gasteiger partial charge in [0.05, 0.1) is 0 Å². The molecular formula is C12H24N6Ni-4. The molecular weight excluding hydrogens is 287 g/mol. The Labute approximate surface area is 127 Å². The quantitative estimate of drug-likeness (QED) is 0.615. The molecule has 7 heteroatoms. The summed E-state index contributed by atoms with van der Waals surface area (Å²) in [6.07, 6.45) is 0. The third-order valence-corrected chi connectivity index (χ3v) is 2.50. The summed E-state index contributed by atoms with van der Waals surface area (Å²) in [7, 11) is 0. The molecule has 116 valence electrons. The number of rotatable bonds is 0. The molecule has 2 aliphatic heterocycles. The van der Waals surface area contributed by atoms with Gasteiger partial charge in [0.2, 0.25) is 0 Å². The smallest absolute Gasteiger partial charge is 0.665 e. The number of hydrogen-bond donors (Lipinski definition) is 0. The fourth-order valence-electron chi connectivity index (χ4n) is 1.52. The van der Waals surface area contributed by atoms with Crippen molar-refractivity contribution in [3.8, 4) is 0 Å². The third kappa shape index (κ3) is 14.5. The Bertz CT molecular complexity index is 97.2. The van der Waals surface area contributed by atoms with E-state index in [1.165, 1.54) is 0 Å². The van der Waals surface area contributed by atoms with Crippen LogP contribution in [0.15, 0.2) is 0 Å². The van der Waals surface area contributed by atoms with Crippen LogP contribution >= 0.6 is 0 Å². The molecule has 2 fully saturated rings. The fraction of sp³-hybridized carbons (Fsp3) is 1.00. The predicted molar refractivity (Wildman–Crippen MR) is 78.6 cm³/mol. The standard InChI is InChI=1S/2C6H12N3.Ni/c2*1-2-8-5-6-9-4-3-7-1;/h2*1-6H2;/q2*-3;+2. The van der Waals surface area contributed by atoms with E-state index in [2.05, 4.69) is 31.9 Å². The van der Waals surface area contributed by atoms with Crippen LogP contribution in [-0.4, -0.2) is 78.5 Å². The van der Waals surface area contributed by atoms with Gasteiger partial charge in [0, 0.05) is 0 Å². The maximum atomic E-state index is 4.20. The Hall–Kier alpha value is 0.254. The van der Waals surface area contributed by atoms with Gasteiger partial charge in [0.25, 0.3) is 0 Å². The zero-order chi connectivity index (χ0) is 12.7. The molecule has 0 aromatic carbocycles. The first kappa shape index (κ1) is 19.3. The molecule has 2 heterocycles. The van der Waals surface area contributed by atoms with Gasteiger partial charge in [-0.05, 0) is 0 Å². The van der Waals surface area contributed by atoms with E-state index in [1.807, 2.05) is 0 Å². The molecule has 0 amide bonds. The SMILES string of the molecule is C1C[N-]CC[N-]CC[N-]1.C1C[N-]CC[N-]CC[N-]1.[Ni+2]. The Balaban J connectivity index is 0.000000324. The van der Waals surface area contributed by atoms with Crippen molar-refractivity contribution < 1.29 is 16.5 Å². The minimum Gasteiger partial charge on any atom is -0.665 e. The van der Waals surface area contributed by atoms with Crippen molar-refractivity contribution in [2.75, 3.05) is 78.5 Å². The van der Waals surface area contributed by atoms with Crippen LogP contribution in [0.4, 0.5) is 0 Å². The second-order valence-electron chi connectivity index (χ2n) is 4.02. The van der Waals surface area contributed by atoms with Crippen LogP contribution in [-0.2, 0) is 16.5 Å². The summed E-state index contributed by atoms with van der Waals surface area (Å²) in [6, 6.07) is 0. The van der Waals surface area contributed by atoms with Crippen molar-refractivity contribution in [1.82, 2.24) is 0 Å². The summed E-state index contributed by atoms with van der Waals surface area (Å²) in [5.41, 5.74) is 0. The Kier molecular flexibility index (Phi) is 16.5. The maximum Gasteiger partial charge on any atom is 2.00 e. The summed E-state index contributed by atoms with van der Waals surface area (Å²) in [6.45, 7) is 10.8. The average Bonchev–Trinajstić information content (AvgIpc) is 2.65. The second-order valence-corrected chi connectivity index (χ2v) is 4.02. The zero-order valence-electron chi connectivity index (χ0n) is 11.5. The van der Waals surface area contributed by atoms with Gasteiger partial charge in [0.1, 0.15) is 0 Å². The van der Waals surface area contributed by atoms with E-state index in [1.54, 1.807) is 0 Å². The van der Waals surface area contributed by atoms with E-state index in [4.69, 9.17) is 0 Å². The second kappa shape index (κ2) is 16.3. The predicted octanol–water partition coefficient (Wildman–Crippen LogP) is 2.24. The van der Waals surface area contributed by atoms with Crippen LogP contribution in [0.3, 0.4) is 0 Å². The van der Waals surface area contributed by atoms with E-state index < -0.39 is 0 Å². The molecule has 2 rings (SSSR count). The van der Waals surface area contributed by atoms with Crippen molar-refractivity contribution >= 4 is 0 Å². The van der Waals surface area contributed by atoms with Gasteiger partial charge in [-0.2, -0.15) is 78.5 Å². The van der Waals surface area contributed by atoms with Gasteiger partial charge < -0.3 is 31.9 Å². The van der Waals surface area contributed by atoms with Gasteiger partial charge in [-0.15, -0.1) is 0 Å². The van der Waals surface area contributed by atoms with Crippen LogP contribution in [0.25, 0.3) is 31.9 Å². The minimum absolute atomic E-state index is 0. The van der Waals surface area contributed by atoms with Crippen molar-refractivity contribution in [1.29, 1.82) is 0 Å². The van der Waals surface area contributed by atoms with Gasteiger partial charge in [0.15, 0.2) is 0 Å². The first-order valence-electron chi connectivity index (χ1n) is 6.79. The molecule has 2 saturated heterocycles. The Morgan fingerprint density at radius 2 is 0.368 bits per heavy atom. The fourth-order valence-corrected chi connectivity index (χ4v) is 1.52. The zero-order valence-corrected chi connectivity index (χ0v) is 12.5. The van der Waals surface area contributed by atoms with Crippen molar-refractivity contribution in [3.05, 3.63) is 31.9 Å². The molecule has 0 saturated carbocycles. The monoisotopic (exact) mass is 310 g/mol. The van der Waals surface area contributed by atoms with E-state index in [0.29, 0.717) is 0 Å². The number of hydrogen-bond acceptors (Lipinski definition) is 0. The third-order valence-electron chi connectivity index (χ3n) is 2.50. The van der Waals surface area contributed by atoms with Gasteiger partial charge >= 0.3 is 16.5 Å². The van der Waals surface area contributed by atoms with Crippen molar-refractivity contribution in [2.45, 2.75) is 0 Å². The molecule has 6 nitrogen and oxygen atoms in total. The van der Waals surface area contributed by atoms with Crippen molar-refractivity contribution in [2.24, 2.45) is 0 Å². The molecule has 0 spiro atoms. The van der Waals surface area contributed by atoms with E-state index in [9.17, 15) is 0 Å². The summed E-state index contributed by atoms with van der Waals surface area (Å²) < 4.78 is 0. The van der Waals surface area contributed by atoms with Crippen LogP contribution in [0, 0.1) is 0 Å². The first-order chi connectivity index (χ1) is 9.00. The minimum atomic E-state index is 0. The topological polar surface area (TPSA) is 84.6 Å². The molecule has 0 atom stereocenters. The van der Waals surface area contributed by atoms with Crippen LogP contribution in [0.5, 0.6) is 0 Å². The summed E-state index contributed by atoms with van der Waals surface area (Å²) in [5, 5.41) is 25.2. The van der Waals surface area contributed by atoms with Gasteiger partial charge in [-0.1, -0.05) is 0 Å². The van der Waals surface area contributed by atoms with Crippen molar-refractivity contribution in [3.63, 3.8) is 0 Å². The maximum absolute atomic E-state index is 4.20. The summed E-state index contributed by atoms with van der Waals surface area (Å²) in [4.78, 5) is 0. The number of nitrogens with zero attached hydrogens (tertiary/aromatic N) is 6. The molecule has 19 heavy (non-hydrogen) atoms. The van der Waals surface area contributed by atoms with Gasteiger partial charge in [-0.3, -0.25) is 0 Å². The Morgan fingerprint density at radius 1 is 0.263 bits per heavy atom. The molecule has 0 unspecified atom stereocenters. The molecule has 0 aromatic rings.